The molecule has 1 nitrogen and oxygen atoms in total. The monoisotopic (exact) mass is 252 g/mol. The van der Waals surface area contributed by atoms with Crippen molar-refractivity contribution in [1.29, 1.82) is 0 Å². The molecule has 0 saturated carbocycles. The minimum Gasteiger partial charge on any atom is -0.284 e. The molecule has 0 amide bonds. The molecule has 0 saturated heterocycles. The van der Waals surface area contributed by atoms with Crippen LogP contribution in [0.5, 0.6) is 0 Å². The van der Waals surface area contributed by atoms with Gasteiger partial charge in [0.05, 0.1) is 0 Å². The number of rotatable bonds is 2. The van der Waals surface area contributed by atoms with Crippen molar-refractivity contribution >= 4 is 26.4 Å². The van der Waals surface area contributed by atoms with Crippen molar-refractivity contribution in [3.05, 3.63) is 0 Å². The smallest absolute Gasteiger partial charge is 0.279 e. The van der Waals surface area contributed by atoms with Gasteiger partial charge in [0, 0.05) is 22.6 Å². The van der Waals surface area contributed by atoms with Crippen molar-refractivity contribution < 1.29 is 18.0 Å². The molecule has 5 heteroatoms. The van der Waals surface area contributed by atoms with Gasteiger partial charge < -0.3 is 0 Å². The van der Waals surface area contributed by atoms with Crippen LogP contribution in [0.2, 0.25) is 0 Å². The van der Waals surface area contributed by atoms with Gasteiger partial charge in [0.25, 0.3) is 6.43 Å². The van der Waals surface area contributed by atoms with Crippen molar-refractivity contribution in [1.82, 2.24) is 0 Å². The van der Waals surface area contributed by atoms with Crippen LogP contribution >= 0.6 is 22.6 Å². The minimum absolute atomic E-state index is 0.562. The van der Waals surface area contributed by atoms with Crippen molar-refractivity contribution in [2.24, 2.45) is 0 Å². The summed E-state index contributed by atoms with van der Waals surface area (Å²) >= 11 is 1.01. The zero-order valence-corrected chi connectivity index (χ0v) is 6.65. The first kappa shape index (κ1) is 9.19. The van der Waals surface area contributed by atoms with Crippen LogP contribution in [-0.2, 0) is 4.79 Å². The number of hydrogen-bond acceptors (Lipinski definition) is 1. The fraction of sp³-hybridized carbons (Fsp3) is 0.750. The van der Waals surface area contributed by atoms with E-state index < -0.39 is 15.9 Å². The van der Waals surface area contributed by atoms with E-state index in [-0.39, 0.29) is 0 Å². The summed E-state index contributed by atoms with van der Waals surface area (Å²) in [5, 5.41) is 0. The predicted octanol–water partition coefficient (Wildman–Crippen LogP) is 1.94. The Labute approximate surface area is 63.8 Å². The Kier molecular flexibility index (Phi) is 2.91. The van der Waals surface area contributed by atoms with E-state index in [1.165, 1.54) is 0 Å². The number of carbonyl (C=O) groups is 1. The molecule has 0 aromatic carbocycles. The third-order valence-electron chi connectivity index (χ3n) is 0.794. The highest BCUT2D eigenvalue weighted by Gasteiger charge is 2.41. The Hall–Kier alpha value is 0.190. The zero-order valence-electron chi connectivity index (χ0n) is 4.50. The highest BCUT2D eigenvalue weighted by molar-refractivity contribution is 14.1. The Morgan fingerprint density at radius 3 is 2.00 bits per heavy atom. The molecular weight excluding hydrogens is 248 g/mol. The molecule has 54 valence electrons. The summed E-state index contributed by atoms with van der Waals surface area (Å²) in [6, 6.07) is 0. The summed E-state index contributed by atoms with van der Waals surface area (Å²) in [5.74, 6) is 0. The number of alkyl halides is 3. The van der Waals surface area contributed by atoms with Gasteiger partial charge in [0.2, 0.25) is 9.46 Å². The molecule has 0 heterocycles. The molecule has 0 fully saturated rings. The molecule has 0 N–H and O–H groups in total. The average Bonchev–Trinajstić information content (AvgIpc) is 1.65. The van der Waals surface area contributed by atoms with Gasteiger partial charge in [-0.2, -0.15) is 0 Å². The van der Waals surface area contributed by atoms with Crippen LogP contribution in [0.15, 0.2) is 0 Å². The van der Waals surface area contributed by atoms with Gasteiger partial charge in [-0.1, -0.05) is 0 Å². The molecule has 0 aliphatic heterocycles. The Morgan fingerprint density at radius 2 is 2.00 bits per heavy atom. The summed E-state index contributed by atoms with van der Waals surface area (Å²) in [6.07, 6.45) is -3.23. The van der Waals surface area contributed by atoms with E-state index in [0.29, 0.717) is 6.92 Å². The second-order valence-electron chi connectivity index (χ2n) is 1.65. The molecule has 9 heavy (non-hydrogen) atoms. The van der Waals surface area contributed by atoms with Crippen LogP contribution in [0.1, 0.15) is 6.92 Å². The van der Waals surface area contributed by atoms with Crippen LogP contribution < -0.4 is 0 Å². The van der Waals surface area contributed by atoms with Crippen LogP contribution in [0, 0.1) is 0 Å². The third kappa shape index (κ3) is 2.11. The third-order valence-corrected chi connectivity index (χ3v) is 1.85. The number of halogens is 4. The molecule has 0 bridgehead atoms. The first-order valence-corrected chi connectivity index (χ1v) is 3.14. The highest BCUT2D eigenvalue weighted by atomic mass is 127. The van der Waals surface area contributed by atoms with Crippen molar-refractivity contribution in [2.75, 3.05) is 0 Å². The number of carbonyl (C=O) groups excluding carboxylic acids is 1. The summed E-state index contributed by atoms with van der Waals surface area (Å²) < 4.78 is 34.0. The Morgan fingerprint density at radius 1 is 1.67 bits per heavy atom. The molecule has 1 unspecified atom stereocenters. The van der Waals surface area contributed by atoms with E-state index in [0.717, 1.165) is 22.6 Å². The fourth-order valence-corrected chi connectivity index (χ4v) is 0.321. The molecule has 0 spiro atoms. The summed E-state index contributed by atoms with van der Waals surface area (Å²) in [7, 11) is 0. The molecule has 0 aliphatic carbocycles. The molecule has 0 aliphatic rings. The maximum absolute atomic E-state index is 12.2. The van der Waals surface area contributed by atoms with E-state index in [4.69, 9.17) is 0 Å². The Bertz CT molecular complexity index is 123. The molecule has 0 aromatic rings. The predicted molar refractivity (Wildman–Crippen MR) is 34.5 cm³/mol. The van der Waals surface area contributed by atoms with Gasteiger partial charge in [-0.05, 0) is 6.92 Å². The van der Waals surface area contributed by atoms with Crippen LogP contribution in [0.3, 0.4) is 0 Å². The van der Waals surface area contributed by atoms with Crippen molar-refractivity contribution in [3.63, 3.8) is 0 Å². The maximum Gasteiger partial charge on any atom is 0.279 e. The van der Waals surface area contributed by atoms with Crippen LogP contribution in [0.25, 0.3) is 0 Å². The van der Waals surface area contributed by atoms with Crippen molar-refractivity contribution in [3.8, 4) is 0 Å². The standard InChI is InChI=1S/C4H4F3IO/c1-4(7,2(5)6)3(8)9/h2H,1H3. The van der Waals surface area contributed by atoms with E-state index in [1.54, 1.807) is 0 Å². The van der Waals surface area contributed by atoms with Gasteiger partial charge in [0.1, 0.15) is 0 Å². The topological polar surface area (TPSA) is 17.1 Å². The lowest BCUT2D eigenvalue weighted by molar-refractivity contribution is -0.128. The van der Waals surface area contributed by atoms with E-state index in [9.17, 15) is 18.0 Å². The lowest BCUT2D eigenvalue weighted by Crippen LogP contribution is -2.34. The second-order valence-corrected chi connectivity index (χ2v) is 2.63. The van der Waals surface area contributed by atoms with Crippen LogP contribution in [0.4, 0.5) is 13.2 Å². The lowest BCUT2D eigenvalue weighted by Gasteiger charge is -2.12. The normalized spacial score (nSPS) is 17.6. The summed E-state index contributed by atoms with van der Waals surface area (Å²) in [4.78, 5) is 10.0. The molecule has 1 atom stereocenters. The first-order valence-electron chi connectivity index (χ1n) is 2.06. The second kappa shape index (κ2) is 2.85. The van der Waals surface area contributed by atoms with E-state index >= 15 is 0 Å². The first-order chi connectivity index (χ1) is 3.89. The van der Waals surface area contributed by atoms with Gasteiger partial charge in [0.15, 0.2) is 0 Å². The SMILES string of the molecule is CC(F)(C(=O)I)C(F)F. The molecule has 0 radical (unpaired) electrons. The molecular formula is C4H4F3IO. The average molecular weight is 252 g/mol. The minimum atomic E-state index is -3.23. The molecule has 0 aromatic heterocycles. The van der Waals surface area contributed by atoms with Gasteiger partial charge >= 0.3 is 0 Å². The maximum atomic E-state index is 12.2. The highest BCUT2D eigenvalue weighted by Crippen LogP contribution is 2.23. The van der Waals surface area contributed by atoms with E-state index in [1.807, 2.05) is 0 Å². The van der Waals surface area contributed by atoms with Crippen molar-refractivity contribution in [2.45, 2.75) is 19.0 Å². The Balaban J connectivity index is 4.19. The molecule has 0 rings (SSSR count). The summed E-state index contributed by atoms with van der Waals surface area (Å²) in [5.41, 5.74) is -2.99. The number of hydrogen-bond donors (Lipinski definition) is 0. The van der Waals surface area contributed by atoms with Gasteiger partial charge in [-0.3, -0.25) is 4.79 Å². The zero-order chi connectivity index (χ0) is 7.65. The largest absolute Gasteiger partial charge is 0.284 e. The summed E-state index contributed by atoms with van der Waals surface area (Å²) in [6.45, 7) is 0.562. The lowest BCUT2D eigenvalue weighted by atomic mass is 10.2. The quantitative estimate of drug-likeness (QED) is 0.542. The van der Waals surface area contributed by atoms with Crippen LogP contribution in [-0.4, -0.2) is 15.9 Å². The van der Waals surface area contributed by atoms with E-state index in [2.05, 4.69) is 0 Å². The van der Waals surface area contributed by atoms with Gasteiger partial charge in [-0.25, -0.2) is 13.2 Å². The van der Waals surface area contributed by atoms with Gasteiger partial charge in [-0.15, -0.1) is 0 Å². The fourth-order valence-electron chi connectivity index (χ4n) is 0.0858.